The molecule has 0 saturated heterocycles. The molecule has 1 aliphatic rings. The standard InChI is InChI=1S/C18H22N2O2S.ClH/c19-11-12-20(14-15-5-2-1-3-6-15)23(21,22)18-10-9-16-7-4-8-17(16)13-18;/h1-3,5-6,9-10,13H,4,7-8,11-12,14,19H2;1H. The SMILES string of the molecule is Cl.NCCN(Cc1ccccc1)S(=O)(=O)c1ccc2c(c1)CCC2. The molecule has 3 rings (SSSR count). The second-order valence-corrected chi connectivity index (χ2v) is 7.83. The van der Waals surface area contributed by atoms with E-state index in [4.69, 9.17) is 5.73 Å². The Labute approximate surface area is 150 Å². The zero-order valence-electron chi connectivity index (χ0n) is 13.5. The topological polar surface area (TPSA) is 63.4 Å². The molecule has 0 heterocycles. The van der Waals surface area contributed by atoms with Gasteiger partial charge in [0.15, 0.2) is 0 Å². The molecule has 0 unspecified atom stereocenters. The number of aryl methyl sites for hydroxylation is 2. The monoisotopic (exact) mass is 366 g/mol. The average molecular weight is 367 g/mol. The Bertz CT molecular complexity index is 779. The quantitative estimate of drug-likeness (QED) is 0.854. The van der Waals surface area contributed by atoms with E-state index < -0.39 is 10.0 Å². The number of hydrogen-bond donors (Lipinski definition) is 1. The van der Waals surface area contributed by atoms with Crippen LogP contribution in [0.4, 0.5) is 0 Å². The van der Waals surface area contributed by atoms with Crippen molar-refractivity contribution in [1.82, 2.24) is 4.31 Å². The van der Waals surface area contributed by atoms with Crippen LogP contribution in [0.1, 0.15) is 23.1 Å². The normalized spacial score (nSPS) is 13.6. The molecule has 6 heteroatoms. The molecule has 0 bridgehead atoms. The minimum atomic E-state index is -3.53. The second-order valence-electron chi connectivity index (χ2n) is 5.90. The summed E-state index contributed by atoms with van der Waals surface area (Å²) in [4.78, 5) is 0.377. The zero-order valence-corrected chi connectivity index (χ0v) is 15.2. The van der Waals surface area contributed by atoms with Crippen LogP contribution in [-0.4, -0.2) is 25.8 Å². The molecule has 0 radical (unpaired) electrons. The van der Waals surface area contributed by atoms with Crippen molar-refractivity contribution < 1.29 is 8.42 Å². The molecule has 0 spiro atoms. The molecule has 24 heavy (non-hydrogen) atoms. The van der Waals surface area contributed by atoms with E-state index in [0.29, 0.717) is 24.5 Å². The van der Waals surface area contributed by atoms with Crippen LogP contribution >= 0.6 is 12.4 Å². The average Bonchev–Trinajstić information content (AvgIpc) is 3.03. The van der Waals surface area contributed by atoms with Gasteiger partial charge in [-0.05, 0) is 48.1 Å². The number of sulfonamides is 1. The Balaban J connectivity index is 0.00000208. The van der Waals surface area contributed by atoms with E-state index in [1.54, 1.807) is 6.07 Å². The number of halogens is 1. The van der Waals surface area contributed by atoms with Crippen LogP contribution in [0.2, 0.25) is 0 Å². The van der Waals surface area contributed by atoms with Gasteiger partial charge in [0.25, 0.3) is 0 Å². The van der Waals surface area contributed by atoms with Crippen molar-refractivity contribution in [2.45, 2.75) is 30.7 Å². The van der Waals surface area contributed by atoms with Gasteiger partial charge in [0, 0.05) is 19.6 Å². The lowest BCUT2D eigenvalue weighted by atomic mass is 10.1. The fourth-order valence-electron chi connectivity index (χ4n) is 3.07. The van der Waals surface area contributed by atoms with E-state index >= 15 is 0 Å². The fourth-order valence-corrected chi connectivity index (χ4v) is 4.57. The first-order valence-electron chi connectivity index (χ1n) is 7.97. The van der Waals surface area contributed by atoms with Crippen LogP contribution in [-0.2, 0) is 29.4 Å². The van der Waals surface area contributed by atoms with Gasteiger partial charge in [0.2, 0.25) is 10.0 Å². The first kappa shape index (κ1) is 18.9. The van der Waals surface area contributed by atoms with E-state index in [1.807, 2.05) is 42.5 Å². The molecule has 2 aromatic carbocycles. The van der Waals surface area contributed by atoms with E-state index in [2.05, 4.69) is 0 Å². The number of nitrogens with zero attached hydrogens (tertiary/aromatic N) is 1. The molecule has 0 aromatic heterocycles. The summed E-state index contributed by atoms with van der Waals surface area (Å²) in [5.41, 5.74) is 9.05. The van der Waals surface area contributed by atoms with Gasteiger partial charge < -0.3 is 5.73 Å². The van der Waals surface area contributed by atoms with Crippen LogP contribution in [0.15, 0.2) is 53.4 Å². The largest absolute Gasteiger partial charge is 0.329 e. The first-order valence-corrected chi connectivity index (χ1v) is 9.41. The lowest BCUT2D eigenvalue weighted by molar-refractivity contribution is 0.414. The maximum Gasteiger partial charge on any atom is 0.243 e. The van der Waals surface area contributed by atoms with Crippen molar-refractivity contribution in [3.8, 4) is 0 Å². The molecule has 4 nitrogen and oxygen atoms in total. The van der Waals surface area contributed by atoms with E-state index in [1.165, 1.54) is 15.4 Å². The Morgan fingerprint density at radius 1 is 1.00 bits per heavy atom. The highest BCUT2D eigenvalue weighted by molar-refractivity contribution is 7.89. The van der Waals surface area contributed by atoms with Gasteiger partial charge >= 0.3 is 0 Å². The summed E-state index contributed by atoms with van der Waals surface area (Å²) in [7, 11) is -3.53. The third-order valence-corrected chi connectivity index (χ3v) is 6.13. The summed E-state index contributed by atoms with van der Waals surface area (Å²) in [5.74, 6) is 0. The van der Waals surface area contributed by atoms with Crippen molar-refractivity contribution in [3.05, 3.63) is 65.2 Å². The summed E-state index contributed by atoms with van der Waals surface area (Å²) >= 11 is 0. The molecule has 130 valence electrons. The van der Waals surface area contributed by atoms with E-state index in [9.17, 15) is 8.42 Å². The number of benzene rings is 2. The lowest BCUT2D eigenvalue weighted by Gasteiger charge is -2.22. The summed E-state index contributed by atoms with van der Waals surface area (Å²) in [5, 5.41) is 0. The predicted octanol–water partition coefficient (Wildman–Crippen LogP) is 2.75. The summed E-state index contributed by atoms with van der Waals surface area (Å²) in [6.45, 7) is 0.961. The van der Waals surface area contributed by atoms with Gasteiger partial charge in [-0.25, -0.2) is 8.42 Å². The third kappa shape index (κ3) is 3.98. The Kier molecular flexibility index (Phi) is 6.40. The van der Waals surface area contributed by atoms with Gasteiger partial charge in [0.1, 0.15) is 0 Å². The Hall–Kier alpha value is -1.40. The molecule has 0 amide bonds. The molecule has 0 fully saturated rings. The Morgan fingerprint density at radius 2 is 1.71 bits per heavy atom. The molecule has 1 aliphatic carbocycles. The third-order valence-electron chi connectivity index (χ3n) is 4.29. The first-order chi connectivity index (χ1) is 11.1. The van der Waals surface area contributed by atoms with Crippen LogP contribution in [0.3, 0.4) is 0 Å². The lowest BCUT2D eigenvalue weighted by Crippen LogP contribution is -2.35. The Morgan fingerprint density at radius 3 is 2.42 bits per heavy atom. The number of hydrogen-bond acceptors (Lipinski definition) is 3. The van der Waals surface area contributed by atoms with Crippen LogP contribution in [0.25, 0.3) is 0 Å². The highest BCUT2D eigenvalue weighted by atomic mass is 35.5. The molecule has 0 saturated carbocycles. The summed E-state index contributed by atoms with van der Waals surface area (Å²) in [6.07, 6.45) is 3.12. The van der Waals surface area contributed by atoms with Gasteiger partial charge in [-0.1, -0.05) is 36.4 Å². The minimum absolute atomic E-state index is 0. The highest BCUT2D eigenvalue weighted by Crippen LogP contribution is 2.26. The van der Waals surface area contributed by atoms with Crippen LogP contribution < -0.4 is 5.73 Å². The predicted molar refractivity (Wildman–Crippen MR) is 98.8 cm³/mol. The van der Waals surface area contributed by atoms with E-state index in [0.717, 1.165) is 24.8 Å². The zero-order chi connectivity index (χ0) is 16.3. The van der Waals surface area contributed by atoms with Gasteiger partial charge in [-0.3, -0.25) is 0 Å². The highest BCUT2D eigenvalue weighted by Gasteiger charge is 2.25. The molecule has 2 N–H and O–H groups in total. The molecular formula is C18H23ClN2O2S. The van der Waals surface area contributed by atoms with Crippen molar-refractivity contribution in [3.63, 3.8) is 0 Å². The number of nitrogens with two attached hydrogens (primary N) is 1. The van der Waals surface area contributed by atoms with Gasteiger partial charge in [-0.15, -0.1) is 12.4 Å². The fraction of sp³-hybridized carbons (Fsp3) is 0.333. The van der Waals surface area contributed by atoms with Gasteiger partial charge in [-0.2, -0.15) is 4.31 Å². The molecule has 2 aromatic rings. The van der Waals surface area contributed by atoms with Crippen LogP contribution in [0, 0.1) is 0 Å². The van der Waals surface area contributed by atoms with Crippen molar-refractivity contribution >= 4 is 22.4 Å². The van der Waals surface area contributed by atoms with Crippen molar-refractivity contribution in [2.75, 3.05) is 13.1 Å². The smallest absolute Gasteiger partial charge is 0.243 e. The van der Waals surface area contributed by atoms with E-state index in [-0.39, 0.29) is 12.4 Å². The van der Waals surface area contributed by atoms with Gasteiger partial charge in [0.05, 0.1) is 4.90 Å². The maximum absolute atomic E-state index is 13.0. The van der Waals surface area contributed by atoms with Crippen molar-refractivity contribution in [1.29, 1.82) is 0 Å². The maximum atomic E-state index is 13.0. The van der Waals surface area contributed by atoms with Crippen LogP contribution in [0.5, 0.6) is 0 Å². The second kappa shape index (κ2) is 8.12. The summed E-state index contributed by atoms with van der Waals surface area (Å²) in [6, 6.07) is 15.1. The molecular weight excluding hydrogens is 344 g/mol. The summed E-state index contributed by atoms with van der Waals surface area (Å²) < 4.78 is 27.5. The minimum Gasteiger partial charge on any atom is -0.329 e. The molecule has 0 atom stereocenters. The number of fused-ring (bicyclic) bond motifs is 1. The number of rotatable bonds is 6. The van der Waals surface area contributed by atoms with Crippen molar-refractivity contribution in [2.24, 2.45) is 5.73 Å². The molecule has 0 aliphatic heterocycles.